The van der Waals surface area contributed by atoms with Crippen molar-refractivity contribution in [2.24, 2.45) is 5.73 Å². The molecule has 0 amide bonds. The molecular formula is C13H16F3NO2. The van der Waals surface area contributed by atoms with Crippen LogP contribution in [0, 0.1) is 0 Å². The molecule has 19 heavy (non-hydrogen) atoms. The number of benzene rings is 1. The third kappa shape index (κ3) is 2.25. The molecule has 0 bridgehead atoms. The van der Waals surface area contributed by atoms with E-state index < -0.39 is 17.3 Å². The fourth-order valence-corrected chi connectivity index (χ4v) is 2.41. The maximum atomic E-state index is 12.9. The van der Waals surface area contributed by atoms with Gasteiger partial charge in [0.2, 0.25) is 0 Å². The molecule has 6 heteroatoms. The van der Waals surface area contributed by atoms with Gasteiger partial charge >= 0.3 is 6.18 Å². The summed E-state index contributed by atoms with van der Waals surface area (Å²) in [4.78, 5) is 0. The van der Waals surface area contributed by atoms with Crippen LogP contribution in [0.5, 0.6) is 11.5 Å². The minimum Gasteiger partial charge on any atom is -0.492 e. The maximum Gasteiger partial charge on any atom is 0.420 e. The second kappa shape index (κ2) is 4.59. The lowest BCUT2D eigenvalue weighted by atomic mass is 9.72. The highest BCUT2D eigenvalue weighted by molar-refractivity contribution is 5.55. The number of hydrogen-bond donors (Lipinski definition) is 1. The highest BCUT2D eigenvalue weighted by atomic mass is 19.4. The molecule has 1 aliphatic carbocycles. The number of ether oxygens (including phenoxy) is 2. The van der Waals surface area contributed by atoms with E-state index in [0.717, 1.165) is 25.3 Å². The third-order valence-electron chi connectivity index (χ3n) is 3.61. The summed E-state index contributed by atoms with van der Waals surface area (Å²) >= 11 is 0. The van der Waals surface area contributed by atoms with E-state index in [0.29, 0.717) is 5.56 Å². The second-order valence-corrected chi connectivity index (χ2v) is 4.73. The Balaban J connectivity index is 2.60. The van der Waals surface area contributed by atoms with Gasteiger partial charge in [-0.15, -0.1) is 0 Å². The van der Waals surface area contributed by atoms with Gasteiger partial charge in [-0.3, -0.25) is 0 Å². The molecule has 0 spiro atoms. The van der Waals surface area contributed by atoms with E-state index in [2.05, 4.69) is 0 Å². The topological polar surface area (TPSA) is 44.5 Å². The first-order valence-electron chi connectivity index (χ1n) is 5.95. The largest absolute Gasteiger partial charge is 0.492 e. The van der Waals surface area contributed by atoms with E-state index in [4.69, 9.17) is 15.2 Å². The number of nitrogens with two attached hydrogens (primary N) is 1. The summed E-state index contributed by atoms with van der Waals surface area (Å²) in [6.45, 7) is 0. The van der Waals surface area contributed by atoms with Crippen LogP contribution < -0.4 is 15.2 Å². The molecule has 0 heterocycles. The Morgan fingerprint density at radius 1 is 1.11 bits per heavy atom. The summed E-state index contributed by atoms with van der Waals surface area (Å²) < 4.78 is 48.7. The van der Waals surface area contributed by atoms with E-state index in [1.807, 2.05) is 0 Å². The van der Waals surface area contributed by atoms with Crippen LogP contribution in [0.25, 0.3) is 0 Å². The van der Waals surface area contributed by atoms with Crippen LogP contribution in [0.4, 0.5) is 13.2 Å². The molecule has 0 atom stereocenters. The third-order valence-corrected chi connectivity index (χ3v) is 3.61. The Morgan fingerprint density at radius 3 is 2.05 bits per heavy atom. The molecule has 2 rings (SSSR count). The van der Waals surface area contributed by atoms with Crippen molar-refractivity contribution in [3.05, 3.63) is 23.3 Å². The predicted molar refractivity (Wildman–Crippen MR) is 64.3 cm³/mol. The van der Waals surface area contributed by atoms with E-state index in [1.54, 1.807) is 0 Å². The first-order chi connectivity index (χ1) is 8.83. The molecule has 1 saturated carbocycles. The summed E-state index contributed by atoms with van der Waals surface area (Å²) in [5.74, 6) is -0.219. The molecule has 1 aromatic rings. The Kier molecular flexibility index (Phi) is 3.38. The summed E-state index contributed by atoms with van der Waals surface area (Å²) in [6, 6.07) is 2.40. The summed E-state index contributed by atoms with van der Waals surface area (Å²) in [5, 5.41) is 0. The molecule has 0 radical (unpaired) electrons. The van der Waals surface area contributed by atoms with Crippen LogP contribution in [0.2, 0.25) is 0 Å². The van der Waals surface area contributed by atoms with Gasteiger partial charge < -0.3 is 15.2 Å². The molecule has 2 N–H and O–H groups in total. The van der Waals surface area contributed by atoms with Gasteiger partial charge in [0.1, 0.15) is 5.56 Å². The lowest BCUT2D eigenvalue weighted by Crippen LogP contribution is -2.43. The van der Waals surface area contributed by atoms with Crippen molar-refractivity contribution in [1.29, 1.82) is 0 Å². The van der Waals surface area contributed by atoms with Crippen LogP contribution in [-0.4, -0.2) is 14.2 Å². The zero-order valence-electron chi connectivity index (χ0n) is 10.8. The van der Waals surface area contributed by atoms with Gasteiger partial charge in [-0.25, -0.2) is 0 Å². The molecule has 0 aromatic heterocycles. The van der Waals surface area contributed by atoms with Gasteiger partial charge in [0, 0.05) is 11.1 Å². The monoisotopic (exact) mass is 275 g/mol. The fraction of sp³-hybridized carbons (Fsp3) is 0.538. The highest BCUT2D eigenvalue weighted by Gasteiger charge is 2.41. The molecule has 3 nitrogen and oxygen atoms in total. The van der Waals surface area contributed by atoms with Crippen molar-refractivity contribution < 1.29 is 22.6 Å². The number of methoxy groups -OCH3 is 2. The highest BCUT2D eigenvalue weighted by Crippen LogP contribution is 2.49. The van der Waals surface area contributed by atoms with Crippen molar-refractivity contribution in [2.45, 2.75) is 31.0 Å². The maximum absolute atomic E-state index is 12.9. The smallest absolute Gasteiger partial charge is 0.420 e. The quantitative estimate of drug-likeness (QED) is 0.922. The normalized spacial score (nSPS) is 17.8. The Morgan fingerprint density at radius 2 is 1.68 bits per heavy atom. The minimum absolute atomic E-state index is 0.0829. The zero-order valence-corrected chi connectivity index (χ0v) is 10.8. The van der Waals surface area contributed by atoms with E-state index in [9.17, 15) is 13.2 Å². The van der Waals surface area contributed by atoms with Gasteiger partial charge in [0.15, 0.2) is 11.5 Å². The first-order valence-corrected chi connectivity index (χ1v) is 5.95. The Hall–Kier alpha value is -1.43. The van der Waals surface area contributed by atoms with Gasteiger partial charge in [-0.2, -0.15) is 13.2 Å². The van der Waals surface area contributed by atoms with E-state index in [1.165, 1.54) is 20.3 Å². The van der Waals surface area contributed by atoms with Crippen LogP contribution in [0.15, 0.2) is 12.1 Å². The SMILES string of the molecule is COc1c(C(F)(F)F)ccc(C2(N)CCC2)c1OC. The van der Waals surface area contributed by atoms with Crippen molar-refractivity contribution in [3.63, 3.8) is 0 Å². The van der Waals surface area contributed by atoms with Crippen LogP contribution in [0.3, 0.4) is 0 Å². The molecule has 0 unspecified atom stereocenters. The summed E-state index contributed by atoms with van der Waals surface area (Å²) in [5.41, 5.74) is 5.28. The molecule has 0 saturated heterocycles. The molecule has 106 valence electrons. The van der Waals surface area contributed by atoms with Gasteiger partial charge in [-0.05, 0) is 25.3 Å². The molecular weight excluding hydrogens is 259 g/mol. The van der Waals surface area contributed by atoms with Crippen molar-refractivity contribution in [1.82, 2.24) is 0 Å². The number of hydrogen-bond acceptors (Lipinski definition) is 3. The average molecular weight is 275 g/mol. The van der Waals surface area contributed by atoms with Gasteiger partial charge in [0.05, 0.1) is 14.2 Å². The van der Waals surface area contributed by atoms with Crippen LogP contribution >= 0.6 is 0 Å². The van der Waals surface area contributed by atoms with Crippen LogP contribution in [0.1, 0.15) is 30.4 Å². The van der Waals surface area contributed by atoms with E-state index >= 15 is 0 Å². The standard InChI is InChI=1S/C13H16F3NO2/c1-18-10-8(12(17)6-3-7-12)4-5-9(11(10)19-2)13(14,15)16/h4-5H,3,6-7,17H2,1-2H3. The fourth-order valence-electron chi connectivity index (χ4n) is 2.41. The van der Waals surface area contributed by atoms with Crippen molar-refractivity contribution in [3.8, 4) is 11.5 Å². The molecule has 1 fully saturated rings. The molecule has 1 aromatic carbocycles. The predicted octanol–water partition coefficient (Wildman–Crippen LogP) is 3.06. The van der Waals surface area contributed by atoms with Gasteiger partial charge in [0.25, 0.3) is 0 Å². The van der Waals surface area contributed by atoms with E-state index in [-0.39, 0.29) is 11.5 Å². The average Bonchev–Trinajstić information content (AvgIpc) is 2.32. The Labute approximate surface area is 109 Å². The first kappa shape index (κ1) is 14.0. The Bertz CT molecular complexity index is 482. The summed E-state index contributed by atoms with van der Waals surface area (Å²) in [7, 11) is 2.52. The van der Waals surface area contributed by atoms with Crippen LogP contribution in [-0.2, 0) is 11.7 Å². The van der Waals surface area contributed by atoms with Crippen molar-refractivity contribution >= 4 is 0 Å². The number of alkyl halides is 3. The summed E-state index contributed by atoms with van der Waals surface area (Å²) in [6.07, 6.45) is -2.06. The number of halogens is 3. The lowest BCUT2D eigenvalue weighted by molar-refractivity contribution is -0.138. The molecule has 0 aliphatic heterocycles. The second-order valence-electron chi connectivity index (χ2n) is 4.73. The molecule has 1 aliphatic rings. The van der Waals surface area contributed by atoms with Gasteiger partial charge in [-0.1, -0.05) is 6.07 Å². The lowest BCUT2D eigenvalue weighted by Gasteiger charge is -2.39. The minimum atomic E-state index is -4.49. The van der Waals surface area contributed by atoms with Crippen molar-refractivity contribution in [2.75, 3.05) is 14.2 Å². The zero-order chi connectivity index (χ0) is 14.3. The number of rotatable bonds is 3.